The highest BCUT2D eigenvalue weighted by molar-refractivity contribution is 5.35. The molecule has 1 atom stereocenters. The maximum Gasteiger partial charge on any atom is 0.411 e. The number of hydrogen-bond acceptors (Lipinski definition) is 2. The van der Waals surface area contributed by atoms with E-state index in [1.165, 1.54) is 6.07 Å². The van der Waals surface area contributed by atoms with Gasteiger partial charge in [-0.2, -0.15) is 13.2 Å². The van der Waals surface area contributed by atoms with E-state index in [0.717, 1.165) is 12.0 Å². The molecule has 1 aromatic carbocycles. The Hall–Kier alpha value is -1.14. The minimum atomic E-state index is -4.29. The van der Waals surface area contributed by atoms with Crippen molar-refractivity contribution in [3.63, 3.8) is 0 Å². The molecule has 0 spiro atoms. The number of halogens is 4. The van der Waals surface area contributed by atoms with Crippen molar-refractivity contribution in [1.29, 1.82) is 0 Å². The zero-order valence-corrected chi connectivity index (χ0v) is 10.3. The van der Waals surface area contributed by atoms with Crippen LogP contribution in [0.2, 0.25) is 0 Å². The van der Waals surface area contributed by atoms with Crippen LogP contribution in [0, 0.1) is 5.82 Å². The molecule has 0 aromatic heterocycles. The van der Waals surface area contributed by atoms with E-state index >= 15 is 0 Å². The van der Waals surface area contributed by atoms with Crippen molar-refractivity contribution in [2.45, 2.75) is 25.1 Å². The average Bonchev–Trinajstić information content (AvgIpc) is 2.72. The lowest BCUT2D eigenvalue weighted by atomic mass is 10.1. The Bertz CT molecular complexity index is 433. The monoisotopic (exact) mass is 277 g/mol. The summed E-state index contributed by atoms with van der Waals surface area (Å²) >= 11 is 0. The van der Waals surface area contributed by atoms with E-state index in [-0.39, 0.29) is 18.5 Å². The number of nitrogens with one attached hydrogen (secondary N) is 1. The molecule has 0 saturated heterocycles. The van der Waals surface area contributed by atoms with Crippen LogP contribution in [0.15, 0.2) is 18.2 Å². The van der Waals surface area contributed by atoms with Gasteiger partial charge in [0.15, 0.2) is 0 Å². The standard InChI is InChI=1S/C13H15F4NO/c14-11-3-1-2-10-9(11)4-5-12(10)18-6-7-19-8-13(15,16)17/h1-3,12,18H,4-8H2. The molecule has 1 aliphatic rings. The van der Waals surface area contributed by atoms with Gasteiger partial charge in [-0.15, -0.1) is 0 Å². The Morgan fingerprint density at radius 3 is 2.84 bits per heavy atom. The molecule has 0 radical (unpaired) electrons. The van der Waals surface area contributed by atoms with Crippen LogP contribution in [0.25, 0.3) is 0 Å². The normalized spacial score (nSPS) is 18.6. The highest BCUT2D eigenvalue weighted by atomic mass is 19.4. The van der Waals surface area contributed by atoms with Crippen molar-refractivity contribution in [3.8, 4) is 0 Å². The Balaban J connectivity index is 1.76. The number of hydrogen-bond donors (Lipinski definition) is 1. The molecule has 0 saturated carbocycles. The van der Waals surface area contributed by atoms with Crippen molar-refractivity contribution in [3.05, 3.63) is 35.1 Å². The maximum absolute atomic E-state index is 13.5. The molecule has 0 heterocycles. The molecule has 106 valence electrons. The molecule has 0 bridgehead atoms. The third-order valence-corrected chi connectivity index (χ3v) is 3.12. The van der Waals surface area contributed by atoms with Crippen LogP contribution in [-0.4, -0.2) is 25.9 Å². The van der Waals surface area contributed by atoms with Gasteiger partial charge in [-0.1, -0.05) is 12.1 Å². The molecule has 1 aromatic rings. The molecule has 2 nitrogen and oxygen atoms in total. The van der Waals surface area contributed by atoms with E-state index in [1.807, 2.05) is 6.07 Å². The van der Waals surface area contributed by atoms with Crippen LogP contribution in [0.3, 0.4) is 0 Å². The van der Waals surface area contributed by atoms with E-state index < -0.39 is 12.8 Å². The van der Waals surface area contributed by atoms with Crippen molar-refractivity contribution < 1.29 is 22.3 Å². The van der Waals surface area contributed by atoms with Crippen molar-refractivity contribution in [1.82, 2.24) is 5.32 Å². The van der Waals surface area contributed by atoms with E-state index in [9.17, 15) is 17.6 Å². The topological polar surface area (TPSA) is 21.3 Å². The van der Waals surface area contributed by atoms with Crippen LogP contribution in [0.5, 0.6) is 0 Å². The van der Waals surface area contributed by atoms with Gasteiger partial charge in [-0.3, -0.25) is 0 Å². The Morgan fingerprint density at radius 1 is 1.32 bits per heavy atom. The quantitative estimate of drug-likeness (QED) is 0.660. The zero-order chi connectivity index (χ0) is 13.9. The fraction of sp³-hybridized carbons (Fsp3) is 0.538. The number of alkyl halides is 3. The Morgan fingerprint density at radius 2 is 2.11 bits per heavy atom. The molecule has 0 fully saturated rings. The fourth-order valence-electron chi connectivity index (χ4n) is 2.31. The molecular formula is C13H15F4NO. The highest BCUT2D eigenvalue weighted by Crippen LogP contribution is 2.32. The van der Waals surface area contributed by atoms with Crippen molar-refractivity contribution >= 4 is 0 Å². The molecule has 1 unspecified atom stereocenters. The second-order valence-electron chi connectivity index (χ2n) is 4.52. The van der Waals surface area contributed by atoms with Gasteiger partial charge < -0.3 is 10.1 Å². The first-order chi connectivity index (χ1) is 8.97. The van der Waals surface area contributed by atoms with E-state index in [2.05, 4.69) is 10.1 Å². The second-order valence-corrected chi connectivity index (χ2v) is 4.52. The Kier molecular flexibility index (Phi) is 4.42. The van der Waals surface area contributed by atoms with Gasteiger partial charge >= 0.3 is 6.18 Å². The number of ether oxygens (including phenoxy) is 1. The van der Waals surface area contributed by atoms with Gasteiger partial charge in [0.2, 0.25) is 0 Å². The van der Waals surface area contributed by atoms with Crippen LogP contribution in [-0.2, 0) is 11.2 Å². The molecule has 19 heavy (non-hydrogen) atoms. The lowest BCUT2D eigenvalue weighted by Crippen LogP contribution is -2.26. The highest BCUT2D eigenvalue weighted by Gasteiger charge is 2.27. The predicted molar refractivity (Wildman–Crippen MR) is 62.3 cm³/mol. The van der Waals surface area contributed by atoms with Gasteiger partial charge in [0, 0.05) is 12.6 Å². The molecule has 2 rings (SSSR count). The van der Waals surface area contributed by atoms with Crippen LogP contribution < -0.4 is 5.32 Å². The predicted octanol–water partition coefficient (Wildman–Crippen LogP) is 2.98. The van der Waals surface area contributed by atoms with Gasteiger partial charge in [0.25, 0.3) is 0 Å². The molecule has 0 aliphatic heterocycles. The van der Waals surface area contributed by atoms with Crippen LogP contribution >= 0.6 is 0 Å². The molecule has 6 heteroatoms. The summed E-state index contributed by atoms with van der Waals surface area (Å²) in [5.74, 6) is -0.213. The van der Waals surface area contributed by atoms with Gasteiger partial charge in [-0.25, -0.2) is 4.39 Å². The summed E-state index contributed by atoms with van der Waals surface area (Å²) in [5.41, 5.74) is 1.60. The van der Waals surface area contributed by atoms with Crippen molar-refractivity contribution in [2.75, 3.05) is 19.8 Å². The molecule has 1 N–H and O–H groups in total. The minimum absolute atomic E-state index is 0.000173. The summed E-state index contributed by atoms with van der Waals surface area (Å²) in [5, 5.41) is 3.09. The summed E-state index contributed by atoms with van der Waals surface area (Å²) < 4.78 is 53.5. The van der Waals surface area contributed by atoms with E-state index in [4.69, 9.17) is 0 Å². The maximum atomic E-state index is 13.5. The summed E-state index contributed by atoms with van der Waals surface area (Å²) in [7, 11) is 0. The van der Waals surface area contributed by atoms with Gasteiger partial charge in [-0.05, 0) is 30.0 Å². The summed E-state index contributed by atoms with van der Waals surface area (Å²) in [6.45, 7) is -0.929. The van der Waals surface area contributed by atoms with Crippen LogP contribution in [0.4, 0.5) is 17.6 Å². The Labute approximate surface area is 108 Å². The second kappa shape index (κ2) is 5.88. The van der Waals surface area contributed by atoms with Gasteiger partial charge in [0.1, 0.15) is 12.4 Å². The fourth-order valence-corrected chi connectivity index (χ4v) is 2.31. The first-order valence-corrected chi connectivity index (χ1v) is 6.12. The number of fused-ring (bicyclic) bond motifs is 1. The first-order valence-electron chi connectivity index (χ1n) is 6.12. The third kappa shape index (κ3) is 3.91. The van der Waals surface area contributed by atoms with E-state index in [0.29, 0.717) is 18.5 Å². The summed E-state index contributed by atoms with van der Waals surface area (Å²) in [4.78, 5) is 0. The lowest BCUT2D eigenvalue weighted by Gasteiger charge is -2.14. The number of rotatable bonds is 5. The summed E-state index contributed by atoms with van der Waals surface area (Å²) in [6, 6.07) is 4.92. The van der Waals surface area contributed by atoms with Gasteiger partial charge in [0.05, 0.1) is 6.61 Å². The SMILES string of the molecule is Fc1cccc2c1CCC2NCCOCC(F)(F)F. The average molecular weight is 277 g/mol. The molecular weight excluding hydrogens is 262 g/mol. The van der Waals surface area contributed by atoms with E-state index in [1.54, 1.807) is 6.07 Å². The lowest BCUT2D eigenvalue weighted by molar-refractivity contribution is -0.173. The largest absolute Gasteiger partial charge is 0.411 e. The third-order valence-electron chi connectivity index (χ3n) is 3.12. The zero-order valence-electron chi connectivity index (χ0n) is 10.3. The summed E-state index contributed by atoms with van der Waals surface area (Å²) in [6.07, 6.45) is -2.87. The minimum Gasteiger partial charge on any atom is -0.371 e. The molecule has 1 aliphatic carbocycles. The van der Waals surface area contributed by atoms with Crippen LogP contribution in [0.1, 0.15) is 23.6 Å². The van der Waals surface area contributed by atoms with Crippen molar-refractivity contribution in [2.24, 2.45) is 0 Å². The first kappa shape index (κ1) is 14.3. The smallest absolute Gasteiger partial charge is 0.371 e. The number of benzene rings is 1. The molecule has 0 amide bonds.